The third-order valence-corrected chi connectivity index (χ3v) is 6.66. The first-order valence-electron chi connectivity index (χ1n) is 11.4. The van der Waals surface area contributed by atoms with Crippen LogP contribution >= 0.6 is 37.9 Å². The molecule has 0 atom stereocenters. The molecule has 0 aliphatic carbocycles. The number of benzene rings is 4. The molecule has 0 aliphatic rings. The molecule has 0 spiro atoms. The van der Waals surface area contributed by atoms with Crippen molar-refractivity contribution in [2.24, 2.45) is 20.5 Å². The maximum atomic E-state index is 13.4. The molecule has 0 amide bonds. The van der Waals surface area contributed by atoms with E-state index >= 15 is 0 Å². The van der Waals surface area contributed by atoms with Gasteiger partial charge in [0.1, 0.15) is 22.9 Å². The lowest BCUT2D eigenvalue weighted by atomic mass is 10.1. The fourth-order valence-electron chi connectivity index (χ4n) is 3.68. The highest BCUT2D eigenvalue weighted by Crippen LogP contribution is 2.46. The van der Waals surface area contributed by atoms with Crippen molar-refractivity contribution in [3.63, 3.8) is 0 Å². The minimum Gasteiger partial charge on any atom is -0.505 e. The molecular formula is C26H18F2N8OS3. The van der Waals surface area contributed by atoms with E-state index in [0.29, 0.717) is 48.2 Å². The van der Waals surface area contributed by atoms with Crippen molar-refractivity contribution in [3.8, 4) is 5.75 Å². The van der Waals surface area contributed by atoms with Gasteiger partial charge in [0.25, 0.3) is 0 Å². The number of azo groups is 2. The topological polar surface area (TPSA) is 134 Å². The Morgan fingerprint density at radius 3 is 2.23 bits per heavy atom. The first kappa shape index (κ1) is 27.3. The fourth-order valence-corrected chi connectivity index (χ4v) is 4.35. The fraction of sp³-hybridized carbons (Fsp3) is 0. The Balaban J connectivity index is 1.50. The van der Waals surface area contributed by atoms with Crippen LogP contribution in [-0.4, -0.2) is 15.1 Å². The van der Waals surface area contributed by atoms with Gasteiger partial charge in [-0.25, -0.2) is 0 Å². The lowest BCUT2D eigenvalue weighted by Crippen LogP contribution is -1.99. The lowest BCUT2D eigenvalue weighted by Gasteiger charge is -2.11. The molecular weight excluding hydrogens is 575 g/mol. The van der Waals surface area contributed by atoms with Crippen molar-refractivity contribution in [1.82, 2.24) is 9.97 Å². The van der Waals surface area contributed by atoms with Gasteiger partial charge in [0.15, 0.2) is 5.75 Å². The molecule has 5 aromatic rings. The Labute approximate surface area is 242 Å². The van der Waals surface area contributed by atoms with E-state index in [0.717, 1.165) is 6.07 Å². The van der Waals surface area contributed by atoms with Crippen molar-refractivity contribution >= 4 is 88.6 Å². The molecule has 0 radical (unpaired) electrons. The molecule has 14 heteroatoms. The average molecular weight is 593 g/mol. The van der Waals surface area contributed by atoms with Gasteiger partial charge in [0.2, 0.25) is 5.95 Å². The SMILES string of the molecule is Nc1ccc2c(O)c(N=Nc3ccccc3S)c(S)cc2c1N=Nc1cc(Nc2cc(F)nc(F)n2)ccc1S. The number of nitrogens with two attached hydrogens (primary N) is 1. The third-order valence-electron chi connectivity index (χ3n) is 5.56. The molecule has 0 aliphatic heterocycles. The van der Waals surface area contributed by atoms with Crippen LogP contribution in [0.2, 0.25) is 0 Å². The molecule has 1 heterocycles. The van der Waals surface area contributed by atoms with E-state index in [1.54, 1.807) is 54.6 Å². The summed E-state index contributed by atoms with van der Waals surface area (Å²) in [7, 11) is 0. The predicted octanol–water partition coefficient (Wildman–Crippen LogP) is 8.64. The number of hydrogen-bond acceptors (Lipinski definition) is 12. The number of aromatic nitrogens is 2. The Hall–Kier alpha value is -4.27. The highest BCUT2D eigenvalue weighted by molar-refractivity contribution is 7.80. The summed E-state index contributed by atoms with van der Waals surface area (Å²) < 4.78 is 26.8. The van der Waals surface area contributed by atoms with Crippen molar-refractivity contribution in [2.45, 2.75) is 14.7 Å². The number of aromatic hydroxyl groups is 1. The van der Waals surface area contributed by atoms with Crippen LogP contribution < -0.4 is 11.1 Å². The number of hydrogen-bond donors (Lipinski definition) is 6. The van der Waals surface area contributed by atoms with Gasteiger partial charge in [-0.1, -0.05) is 12.1 Å². The number of nitrogens with zero attached hydrogens (tertiary/aromatic N) is 6. The third kappa shape index (κ3) is 5.83. The van der Waals surface area contributed by atoms with Crippen LogP contribution in [0.1, 0.15) is 0 Å². The number of nitrogens with one attached hydrogen (secondary N) is 1. The summed E-state index contributed by atoms with van der Waals surface area (Å²) in [4.78, 5) is 7.91. The van der Waals surface area contributed by atoms with Crippen LogP contribution in [0.3, 0.4) is 0 Å². The highest BCUT2D eigenvalue weighted by atomic mass is 32.1. The number of halogens is 2. The van der Waals surface area contributed by atoms with E-state index in [1.807, 2.05) is 6.07 Å². The maximum absolute atomic E-state index is 13.4. The Bertz CT molecular complexity index is 1810. The molecule has 40 heavy (non-hydrogen) atoms. The summed E-state index contributed by atoms with van der Waals surface area (Å²) in [6.45, 7) is 0. The minimum absolute atomic E-state index is 0.0827. The Morgan fingerprint density at radius 2 is 1.45 bits per heavy atom. The van der Waals surface area contributed by atoms with E-state index in [2.05, 4.69) is 73.6 Å². The van der Waals surface area contributed by atoms with Crippen LogP contribution in [0.5, 0.6) is 5.75 Å². The lowest BCUT2D eigenvalue weighted by molar-refractivity contribution is 0.481. The van der Waals surface area contributed by atoms with Gasteiger partial charge in [-0.2, -0.15) is 18.7 Å². The second-order valence-corrected chi connectivity index (χ2v) is 9.70. The molecule has 4 N–H and O–H groups in total. The molecule has 0 fully saturated rings. The number of anilines is 3. The van der Waals surface area contributed by atoms with Crippen LogP contribution in [0, 0.1) is 12.0 Å². The summed E-state index contributed by atoms with van der Waals surface area (Å²) in [5.41, 5.74) is 8.22. The van der Waals surface area contributed by atoms with Crippen molar-refractivity contribution in [3.05, 3.63) is 78.8 Å². The zero-order chi connectivity index (χ0) is 28.4. The van der Waals surface area contributed by atoms with Gasteiger partial charge in [-0.05, 0) is 48.5 Å². The van der Waals surface area contributed by atoms with Crippen LogP contribution in [0.15, 0.2) is 102 Å². The minimum atomic E-state index is -1.21. The van der Waals surface area contributed by atoms with Gasteiger partial charge in [0, 0.05) is 37.2 Å². The van der Waals surface area contributed by atoms with Crippen LogP contribution in [0.25, 0.3) is 10.8 Å². The summed E-state index contributed by atoms with van der Waals surface area (Å²) >= 11 is 13.3. The Morgan fingerprint density at radius 1 is 0.725 bits per heavy atom. The quantitative estimate of drug-likeness (QED) is 0.0386. The monoisotopic (exact) mass is 592 g/mol. The average Bonchev–Trinajstić information content (AvgIpc) is 2.90. The largest absolute Gasteiger partial charge is 0.505 e. The molecule has 0 bridgehead atoms. The second-order valence-electron chi connectivity index (χ2n) is 8.25. The molecule has 200 valence electrons. The Kier molecular flexibility index (Phi) is 7.82. The van der Waals surface area contributed by atoms with Crippen LogP contribution in [-0.2, 0) is 0 Å². The van der Waals surface area contributed by atoms with Gasteiger partial charge in [-0.3, -0.25) is 0 Å². The standard InChI is InChI=1S/C26H18F2N8OS3/c27-21-11-22(32-26(28)31-21)30-12-5-8-19(39)17(9-12)34-35-23-14-10-20(40)24(25(37)13(14)6-7-15(23)29)36-33-16-3-1-2-4-18(16)38/h1-11,37-40H,29H2,(H,30,31,32). The molecule has 4 aromatic carbocycles. The van der Waals surface area contributed by atoms with E-state index < -0.39 is 12.0 Å². The number of rotatable bonds is 6. The molecule has 1 aromatic heterocycles. The van der Waals surface area contributed by atoms with E-state index in [4.69, 9.17) is 5.73 Å². The summed E-state index contributed by atoms with van der Waals surface area (Å²) in [6.07, 6.45) is -1.21. The maximum Gasteiger partial charge on any atom is 0.313 e. The van der Waals surface area contributed by atoms with E-state index in [1.165, 1.54) is 0 Å². The van der Waals surface area contributed by atoms with Crippen molar-refractivity contribution < 1.29 is 13.9 Å². The van der Waals surface area contributed by atoms with E-state index in [9.17, 15) is 13.9 Å². The number of phenols is 1. The number of phenolic OH excluding ortho intramolecular Hbond substituents is 1. The van der Waals surface area contributed by atoms with Crippen molar-refractivity contribution in [2.75, 3.05) is 11.1 Å². The summed E-state index contributed by atoms with van der Waals surface area (Å²) in [5.74, 6) is -1.26. The van der Waals surface area contributed by atoms with Gasteiger partial charge >= 0.3 is 6.08 Å². The molecule has 9 nitrogen and oxygen atoms in total. The molecule has 5 rings (SSSR count). The van der Waals surface area contributed by atoms with Gasteiger partial charge in [-0.15, -0.1) is 58.3 Å². The van der Waals surface area contributed by atoms with E-state index in [-0.39, 0.29) is 22.9 Å². The predicted molar refractivity (Wildman–Crippen MR) is 158 cm³/mol. The number of nitrogen functional groups attached to an aromatic ring is 1. The van der Waals surface area contributed by atoms with Gasteiger partial charge < -0.3 is 16.2 Å². The zero-order valence-electron chi connectivity index (χ0n) is 20.2. The first-order valence-corrected chi connectivity index (χ1v) is 12.7. The number of fused-ring (bicyclic) bond motifs is 1. The van der Waals surface area contributed by atoms with Crippen molar-refractivity contribution in [1.29, 1.82) is 0 Å². The molecule has 0 saturated heterocycles. The smallest absolute Gasteiger partial charge is 0.313 e. The number of thiol groups is 3. The zero-order valence-corrected chi connectivity index (χ0v) is 22.8. The molecule has 0 unspecified atom stereocenters. The highest BCUT2D eigenvalue weighted by Gasteiger charge is 2.16. The first-order chi connectivity index (χ1) is 19.2. The second kappa shape index (κ2) is 11.5. The summed E-state index contributed by atoms with van der Waals surface area (Å²) in [5, 5.41) is 31.7. The molecule has 0 saturated carbocycles. The summed E-state index contributed by atoms with van der Waals surface area (Å²) in [6, 6.07) is 17.8. The van der Waals surface area contributed by atoms with Crippen LogP contribution in [0.4, 0.5) is 48.7 Å². The van der Waals surface area contributed by atoms with Gasteiger partial charge in [0.05, 0.1) is 11.4 Å². The normalized spacial score (nSPS) is 11.6.